The van der Waals surface area contributed by atoms with Gasteiger partial charge in [0, 0.05) is 32.7 Å². The lowest BCUT2D eigenvalue weighted by Gasteiger charge is -2.34. The normalized spacial score (nSPS) is 17.4. The molecule has 1 amide bonds. The van der Waals surface area contributed by atoms with Gasteiger partial charge in [-0.2, -0.15) is 5.10 Å². The van der Waals surface area contributed by atoms with Gasteiger partial charge in [0.1, 0.15) is 5.69 Å². The predicted molar refractivity (Wildman–Crippen MR) is 62.4 cm³/mol. The number of piperazine rings is 1. The SMILES string of the molecule is Nc1cn[nH]c1C(=O)N1CCN(CCO)CC1. The van der Waals surface area contributed by atoms with Gasteiger partial charge in [-0.1, -0.05) is 0 Å². The van der Waals surface area contributed by atoms with E-state index in [0.29, 0.717) is 31.0 Å². The molecule has 1 fully saturated rings. The van der Waals surface area contributed by atoms with Gasteiger partial charge in [-0.15, -0.1) is 0 Å². The molecular weight excluding hydrogens is 222 g/mol. The Morgan fingerprint density at radius 2 is 2.18 bits per heavy atom. The number of aromatic nitrogens is 2. The van der Waals surface area contributed by atoms with Gasteiger partial charge in [-0.05, 0) is 0 Å². The fraction of sp³-hybridized carbons (Fsp3) is 0.600. The van der Waals surface area contributed by atoms with Crippen molar-refractivity contribution in [1.82, 2.24) is 20.0 Å². The molecule has 4 N–H and O–H groups in total. The van der Waals surface area contributed by atoms with Gasteiger partial charge in [0.2, 0.25) is 0 Å². The van der Waals surface area contributed by atoms with Crippen LogP contribution in [0.4, 0.5) is 5.69 Å². The molecule has 7 heteroatoms. The average Bonchev–Trinajstić information content (AvgIpc) is 2.76. The number of nitrogens with two attached hydrogens (primary N) is 1. The van der Waals surface area contributed by atoms with Gasteiger partial charge in [0.05, 0.1) is 18.5 Å². The monoisotopic (exact) mass is 239 g/mol. The van der Waals surface area contributed by atoms with E-state index in [1.165, 1.54) is 6.20 Å². The van der Waals surface area contributed by atoms with E-state index in [4.69, 9.17) is 10.8 Å². The summed E-state index contributed by atoms with van der Waals surface area (Å²) < 4.78 is 0. The van der Waals surface area contributed by atoms with Crippen LogP contribution >= 0.6 is 0 Å². The van der Waals surface area contributed by atoms with E-state index in [-0.39, 0.29) is 12.5 Å². The summed E-state index contributed by atoms with van der Waals surface area (Å²) in [5.74, 6) is -0.108. The molecule has 94 valence electrons. The standard InChI is InChI=1S/C10H17N5O2/c11-8-7-12-13-9(8)10(17)15-3-1-14(2-4-15)5-6-16/h7,16H,1-6,11H2,(H,12,13). The number of rotatable bonds is 3. The fourth-order valence-corrected chi connectivity index (χ4v) is 1.94. The molecule has 1 aromatic heterocycles. The maximum Gasteiger partial charge on any atom is 0.274 e. The summed E-state index contributed by atoms with van der Waals surface area (Å²) in [6, 6.07) is 0. The van der Waals surface area contributed by atoms with E-state index in [1.807, 2.05) is 0 Å². The summed E-state index contributed by atoms with van der Waals surface area (Å²) in [4.78, 5) is 15.9. The van der Waals surface area contributed by atoms with Crippen LogP contribution in [-0.4, -0.2) is 70.3 Å². The van der Waals surface area contributed by atoms with Crippen molar-refractivity contribution in [3.8, 4) is 0 Å². The van der Waals surface area contributed by atoms with Crippen molar-refractivity contribution in [3.63, 3.8) is 0 Å². The summed E-state index contributed by atoms with van der Waals surface area (Å²) in [5, 5.41) is 15.2. The first-order valence-electron chi connectivity index (χ1n) is 5.63. The number of anilines is 1. The first-order chi connectivity index (χ1) is 8.22. The Balaban J connectivity index is 1.93. The van der Waals surface area contributed by atoms with Crippen LogP contribution in [0.3, 0.4) is 0 Å². The molecule has 0 aromatic carbocycles. The number of carbonyl (C=O) groups is 1. The van der Waals surface area contributed by atoms with Crippen LogP contribution in [0.15, 0.2) is 6.20 Å². The van der Waals surface area contributed by atoms with Crippen molar-refractivity contribution < 1.29 is 9.90 Å². The highest BCUT2D eigenvalue weighted by atomic mass is 16.3. The minimum Gasteiger partial charge on any atom is -0.396 e. The van der Waals surface area contributed by atoms with Gasteiger partial charge in [0.25, 0.3) is 5.91 Å². The van der Waals surface area contributed by atoms with E-state index >= 15 is 0 Å². The smallest absolute Gasteiger partial charge is 0.274 e. The summed E-state index contributed by atoms with van der Waals surface area (Å²) in [6.45, 7) is 3.67. The molecule has 17 heavy (non-hydrogen) atoms. The number of aliphatic hydroxyl groups is 1. The molecule has 0 bridgehead atoms. The molecule has 0 spiro atoms. The molecule has 1 aliphatic rings. The number of nitrogen functional groups attached to an aromatic ring is 1. The Morgan fingerprint density at radius 3 is 2.71 bits per heavy atom. The van der Waals surface area contributed by atoms with Crippen LogP contribution in [0.2, 0.25) is 0 Å². The largest absolute Gasteiger partial charge is 0.396 e. The highest BCUT2D eigenvalue weighted by molar-refractivity contribution is 5.97. The van der Waals surface area contributed by atoms with Gasteiger partial charge < -0.3 is 15.7 Å². The van der Waals surface area contributed by atoms with Crippen molar-refractivity contribution in [2.75, 3.05) is 45.1 Å². The minimum absolute atomic E-state index is 0.108. The second kappa shape index (κ2) is 5.15. The van der Waals surface area contributed by atoms with E-state index in [0.717, 1.165) is 13.1 Å². The number of nitrogens with zero attached hydrogens (tertiary/aromatic N) is 3. The maximum absolute atomic E-state index is 12.1. The third-order valence-electron chi connectivity index (χ3n) is 2.96. The van der Waals surface area contributed by atoms with Crippen LogP contribution in [0.25, 0.3) is 0 Å². The lowest BCUT2D eigenvalue weighted by molar-refractivity contribution is 0.0610. The van der Waals surface area contributed by atoms with Crippen molar-refractivity contribution in [3.05, 3.63) is 11.9 Å². The highest BCUT2D eigenvalue weighted by Gasteiger charge is 2.23. The predicted octanol–water partition coefficient (Wildman–Crippen LogP) is -1.26. The molecule has 0 saturated carbocycles. The minimum atomic E-state index is -0.108. The quantitative estimate of drug-likeness (QED) is 0.611. The van der Waals surface area contributed by atoms with Gasteiger partial charge in [-0.3, -0.25) is 14.8 Å². The number of carbonyl (C=O) groups excluding carboxylic acids is 1. The number of hydrogen-bond acceptors (Lipinski definition) is 5. The molecule has 1 aliphatic heterocycles. The maximum atomic E-state index is 12.1. The molecule has 0 aliphatic carbocycles. The molecule has 2 rings (SSSR count). The van der Waals surface area contributed by atoms with Crippen LogP contribution in [0.5, 0.6) is 0 Å². The summed E-state index contributed by atoms with van der Waals surface area (Å²) in [7, 11) is 0. The molecule has 1 saturated heterocycles. The highest BCUT2D eigenvalue weighted by Crippen LogP contribution is 2.11. The Morgan fingerprint density at radius 1 is 1.47 bits per heavy atom. The zero-order valence-electron chi connectivity index (χ0n) is 9.59. The summed E-state index contributed by atoms with van der Waals surface area (Å²) in [5.41, 5.74) is 6.38. The Kier molecular flexibility index (Phi) is 3.60. The Labute approximate surface area is 99.2 Å². The first-order valence-corrected chi connectivity index (χ1v) is 5.63. The van der Waals surface area contributed by atoms with Gasteiger partial charge in [-0.25, -0.2) is 0 Å². The lowest BCUT2D eigenvalue weighted by Crippen LogP contribution is -2.49. The second-order valence-electron chi connectivity index (χ2n) is 4.06. The molecule has 0 radical (unpaired) electrons. The van der Waals surface area contributed by atoms with Crippen molar-refractivity contribution in [2.45, 2.75) is 0 Å². The van der Waals surface area contributed by atoms with E-state index in [1.54, 1.807) is 4.90 Å². The van der Waals surface area contributed by atoms with Crippen molar-refractivity contribution in [1.29, 1.82) is 0 Å². The van der Waals surface area contributed by atoms with Crippen molar-refractivity contribution in [2.24, 2.45) is 0 Å². The van der Waals surface area contributed by atoms with E-state index < -0.39 is 0 Å². The molecule has 0 atom stereocenters. The summed E-state index contributed by atoms with van der Waals surface area (Å²) in [6.07, 6.45) is 1.44. The third kappa shape index (κ3) is 2.56. The number of β-amino-alcohol motifs (C(OH)–C–C–N with tert-alkyl or cyclic N) is 1. The lowest BCUT2D eigenvalue weighted by atomic mass is 10.2. The average molecular weight is 239 g/mol. The third-order valence-corrected chi connectivity index (χ3v) is 2.96. The molecular formula is C10H17N5O2. The number of aromatic amines is 1. The molecule has 7 nitrogen and oxygen atoms in total. The topological polar surface area (TPSA) is 98.5 Å². The van der Waals surface area contributed by atoms with Gasteiger partial charge in [0.15, 0.2) is 0 Å². The number of aliphatic hydroxyl groups excluding tert-OH is 1. The first kappa shape index (κ1) is 11.9. The number of amides is 1. The molecule has 2 heterocycles. The molecule has 1 aromatic rings. The molecule has 0 unspecified atom stereocenters. The number of H-pyrrole nitrogens is 1. The van der Waals surface area contributed by atoms with Crippen LogP contribution < -0.4 is 5.73 Å². The fourth-order valence-electron chi connectivity index (χ4n) is 1.94. The van der Waals surface area contributed by atoms with E-state index in [9.17, 15) is 4.79 Å². The van der Waals surface area contributed by atoms with Crippen LogP contribution in [-0.2, 0) is 0 Å². The van der Waals surface area contributed by atoms with Crippen LogP contribution in [0, 0.1) is 0 Å². The summed E-state index contributed by atoms with van der Waals surface area (Å²) >= 11 is 0. The zero-order valence-corrected chi connectivity index (χ0v) is 9.59. The second-order valence-corrected chi connectivity index (χ2v) is 4.06. The zero-order chi connectivity index (χ0) is 12.3. The Bertz CT molecular complexity index is 384. The Hall–Kier alpha value is -1.60. The van der Waals surface area contributed by atoms with Crippen LogP contribution in [0.1, 0.15) is 10.5 Å². The number of nitrogens with one attached hydrogen (secondary N) is 1. The van der Waals surface area contributed by atoms with Crippen molar-refractivity contribution >= 4 is 11.6 Å². The van der Waals surface area contributed by atoms with E-state index in [2.05, 4.69) is 15.1 Å². The van der Waals surface area contributed by atoms with Gasteiger partial charge >= 0.3 is 0 Å². The number of hydrogen-bond donors (Lipinski definition) is 3.